The summed E-state index contributed by atoms with van der Waals surface area (Å²) >= 11 is 0. The molecule has 1 atom stereocenters. The molecular weight excluding hydrogens is 554 g/mol. The Morgan fingerprint density at radius 2 is 1.21 bits per heavy atom. The summed E-state index contributed by atoms with van der Waals surface area (Å²) in [5.74, 6) is 0.387. The van der Waals surface area contributed by atoms with E-state index in [4.69, 9.17) is 22.9 Å². The standard InChI is InChI=1S/C36H67NO5Si/c1-10-39-43(40-11-2,41-12-3)29-20-18-16-14-13-15-17-19-28-38-30-32-22-24-33(25-23-32)34(31(4)5)42-37-35(6,7)26-21-27-36(37,8)9/h22-25,31,34H,10-21,26-30H2,1-9H3. The summed E-state index contributed by atoms with van der Waals surface area (Å²) in [4.78, 5) is 6.81. The average Bonchev–Trinajstić information content (AvgIpc) is 2.93. The maximum absolute atomic E-state index is 6.81. The fraction of sp³-hybridized carbons (Fsp3) is 0.833. The van der Waals surface area contributed by atoms with Gasteiger partial charge in [0.15, 0.2) is 0 Å². The monoisotopic (exact) mass is 621 g/mol. The van der Waals surface area contributed by atoms with Gasteiger partial charge in [-0.1, -0.05) is 76.6 Å². The Kier molecular flexibility index (Phi) is 17.5. The molecule has 1 fully saturated rings. The molecule has 0 bridgehead atoms. The van der Waals surface area contributed by atoms with E-state index in [-0.39, 0.29) is 17.2 Å². The van der Waals surface area contributed by atoms with E-state index in [1.165, 1.54) is 68.9 Å². The van der Waals surface area contributed by atoms with E-state index in [0.29, 0.717) is 32.3 Å². The van der Waals surface area contributed by atoms with Crippen LogP contribution in [0.25, 0.3) is 0 Å². The predicted molar refractivity (Wildman–Crippen MR) is 181 cm³/mol. The number of unbranched alkanes of at least 4 members (excludes halogenated alkanes) is 7. The van der Waals surface area contributed by atoms with Crippen LogP contribution in [0.15, 0.2) is 24.3 Å². The second-order valence-electron chi connectivity index (χ2n) is 13.9. The summed E-state index contributed by atoms with van der Waals surface area (Å²) in [6.07, 6.45) is 13.5. The molecule has 0 amide bonds. The Balaban J connectivity index is 1.62. The van der Waals surface area contributed by atoms with Gasteiger partial charge in [-0.3, -0.25) is 4.84 Å². The molecule has 0 saturated carbocycles. The number of ether oxygens (including phenoxy) is 1. The summed E-state index contributed by atoms with van der Waals surface area (Å²) < 4.78 is 23.9. The molecule has 7 heteroatoms. The first-order valence-electron chi connectivity index (χ1n) is 17.6. The van der Waals surface area contributed by atoms with Gasteiger partial charge in [0.1, 0.15) is 6.10 Å². The van der Waals surface area contributed by atoms with Crippen molar-refractivity contribution in [2.75, 3.05) is 26.4 Å². The minimum Gasteiger partial charge on any atom is -0.377 e. The molecule has 0 N–H and O–H groups in total. The zero-order chi connectivity index (χ0) is 31.8. The number of hydrogen-bond donors (Lipinski definition) is 0. The van der Waals surface area contributed by atoms with Crippen molar-refractivity contribution in [2.24, 2.45) is 5.92 Å². The molecule has 0 radical (unpaired) electrons. The van der Waals surface area contributed by atoms with Gasteiger partial charge >= 0.3 is 8.80 Å². The molecular formula is C36H67NO5Si. The molecule has 1 aromatic rings. The maximum atomic E-state index is 6.81. The van der Waals surface area contributed by atoms with E-state index < -0.39 is 8.80 Å². The summed E-state index contributed by atoms with van der Waals surface area (Å²) in [5, 5.41) is 2.30. The highest BCUT2D eigenvalue weighted by Gasteiger charge is 2.44. The topological polar surface area (TPSA) is 49.4 Å². The Bertz CT molecular complexity index is 827. The first kappa shape index (κ1) is 38.4. The van der Waals surface area contributed by atoms with Crippen LogP contribution in [0.5, 0.6) is 0 Å². The number of nitrogens with zero attached hydrogens (tertiary/aromatic N) is 1. The van der Waals surface area contributed by atoms with Crippen molar-refractivity contribution < 1.29 is 22.9 Å². The van der Waals surface area contributed by atoms with E-state index in [1.54, 1.807) is 0 Å². The van der Waals surface area contributed by atoms with Gasteiger partial charge in [0, 0.05) is 43.5 Å². The molecule has 0 spiro atoms. The Labute approximate surface area is 266 Å². The lowest BCUT2D eigenvalue weighted by molar-refractivity contribution is -0.313. The molecule has 1 aromatic carbocycles. The predicted octanol–water partition coefficient (Wildman–Crippen LogP) is 10.0. The third-order valence-electron chi connectivity index (χ3n) is 8.69. The summed E-state index contributed by atoms with van der Waals surface area (Å²) in [6, 6.07) is 9.83. The van der Waals surface area contributed by atoms with Crippen LogP contribution in [-0.2, 0) is 29.5 Å². The molecule has 0 aliphatic carbocycles. The van der Waals surface area contributed by atoms with Crippen molar-refractivity contribution in [2.45, 2.75) is 163 Å². The van der Waals surface area contributed by atoms with Crippen LogP contribution in [0.2, 0.25) is 6.04 Å². The van der Waals surface area contributed by atoms with Gasteiger partial charge in [-0.2, -0.15) is 5.06 Å². The number of rotatable bonds is 23. The Hall–Kier alpha value is -0.803. The third-order valence-corrected chi connectivity index (χ3v) is 11.8. The Morgan fingerprint density at radius 3 is 1.70 bits per heavy atom. The normalized spacial score (nSPS) is 17.9. The second-order valence-corrected chi connectivity index (χ2v) is 16.6. The molecule has 1 saturated heterocycles. The highest BCUT2D eigenvalue weighted by molar-refractivity contribution is 6.60. The minimum absolute atomic E-state index is 0.0370. The van der Waals surface area contributed by atoms with Crippen molar-refractivity contribution in [1.82, 2.24) is 5.06 Å². The van der Waals surface area contributed by atoms with Crippen molar-refractivity contribution in [3.8, 4) is 0 Å². The molecule has 6 nitrogen and oxygen atoms in total. The largest absolute Gasteiger partial charge is 0.500 e. The fourth-order valence-electron chi connectivity index (χ4n) is 6.54. The molecule has 2 rings (SSSR count). The smallest absolute Gasteiger partial charge is 0.377 e. The molecule has 1 unspecified atom stereocenters. The van der Waals surface area contributed by atoms with Gasteiger partial charge in [0.25, 0.3) is 0 Å². The zero-order valence-corrected chi connectivity index (χ0v) is 30.5. The van der Waals surface area contributed by atoms with Crippen LogP contribution < -0.4 is 0 Å². The van der Waals surface area contributed by atoms with E-state index in [1.807, 2.05) is 20.8 Å². The second kappa shape index (κ2) is 19.7. The van der Waals surface area contributed by atoms with Crippen molar-refractivity contribution >= 4 is 8.80 Å². The summed E-state index contributed by atoms with van der Waals surface area (Å²) in [6.45, 7) is 23.3. The summed E-state index contributed by atoms with van der Waals surface area (Å²) in [5.41, 5.74) is 2.55. The van der Waals surface area contributed by atoms with Crippen LogP contribution in [0.4, 0.5) is 0 Å². The van der Waals surface area contributed by atoms with Gasteiger partial charge in [-0.25, -0.2) is 0 Å². The minimum atomic E-state index is -2.47. The van der Waals surface area contributed by atoms with Gasteiger partial charge in [-0.05, 0) is 97.6 Å². The molecule has 1 heterocycles. The van der Waals surface area contributed by atoms with Crippen molar-refractivity contribution in [3.05, 3.63) is 35.4 Å². The third kappa shape index (κ3) is 13.2. The Morgan fingerprint density at radius 1 is 0.721 bits per heavy atom. The van der Waals surface area contributed by atoms with Gasteiger partial charge in [-0.15, -0.1) is 0 Å². The lowest BCUT2D eigenvalue weighted by Gasteiger charge is -2.52. The number of piperidine rings is 1. The highest BCUT2D eigenvalue weighted by atomic mass is 28.4. The zero-order valence-electron chi connectivity index (χ0n) is 29.5. The van der Waals surface area contributed by atoms with E-state index in [9.17, 15) is 0 Å². The van der Waals surface area contributed by atoms with Crippen molar-refractivity contribution in [3.63, 3.8) is 0 Å². The van der Waals surface area contributed by atoms with Crippen LogP contribution in [0.1, 0.15) is 150 Å². The SMILES string of the molecule is CCO[Si](CCCCCCCCCCOCc1ccc(C(ON2C(C)(C)CCCC2(C)C)C(C)C)cc1)(OCC)OCC. The molecule has 1 aliphatic rings. The van der Waals surface area contributed by atoms with Crippen LogP contribution in [0, 0.1) is 5.92 Å². The highest BCUT2D eigenvalue weighted by Crippen LogP contribution is 2.41. The van der Waals surface area contributed by atoms with E-state index in [2.05, 4.69) is 70.9 Å². The molecule has 1 aliphatic heterocycles. The first-order valence-corrected chi connectivity index (χ1v) is 19.5. The number of benzene rings is 1. The average molecular weight is 622 g/mol. The first-order chi connectivity index (χ1) is 20.5. The maximum Gasteiger partial charge on any atom is 0.500 e. The fourth-order valence-corrected chi connectivity index (χ4v) is 9.23. The van der Waals surface area contributed by atoms with Gasteiger partial charge in [0.2, 0.25) is 0 Å². The number of hydroxylamine groups is 2. The molecule has 0 aromatic heterocycles. The van der Waals surface area contributed by atoms with Crippen LogP contribution in [-0.4, -0.2) is 51.4 Å². The lowest BCUT2D eigenvalue weighted by Crippen LogP contribution is -2.58. The summed E-state index contributed by atoms with van der Waals surface area (Å²) in [7, 11) is -2.47. The van der Waals surface area contributed by atoms with E-state index in [0.717, 1.165) is 25.5 Å². The van der Waals surface area contributed by atoms with E-state index >= 15 is 0 Å². The van der Waals surface area contributed by atoms with Crippen LogP contribution in [0.3, 0.4) is 0 Å². The van der Waals surface area contributed by atoms with Gasteiger partial charge < -0.3 is 18.0 Å². The lowest BCUT2D eigenvalue weighted by atomic mass is 9.82. The molecule has 43 heavy (non-hydrogen) atoms. The van der Waals surface area contributed by atoms with Crippen molar-refractivity contribution in [1.29, 1.82) is 0 Å². The quantitative estimate of drug-likeness (QED) is 0.0895. The number of hydrogen-bond acceptors (Lipinski definition) is 6. The van der Waals surface area contributed by atoms with Gasteiger partial charge in [0.05, 0.1) is 6.61 Å². The van der Waals surface area contributed by atoms with Crippen LogP contribution >= 0.6 is 0 Å². The molecule has 250 valence electrons.